The van der Waals surface area contributed by atoms with Crippen molar-refractivity contribution in [1.82, 2.24) is 9.47 Å². The first-order chi connectivity index (χ1) is 12.7. The molecule has 1 amide bonds. The lowest BCUT2D eigenvalue weighted by Crippen LogP contribution is -2.42. The molecule has 0 bridgehead atoms. The van der Waals surface area contributed by atoms with Crippen LogP contribution in [-0.2, 0) is 6.54 Å². The van der Waals surface area contributed by atoms with Crippen LogP contribution in [0.5, 0.6) is 5.75 Å². The molecule has 1 aromatic heterocycles. The highest BCUT2D eigenvalue weighted by atomic mass is 16.5. The molecule has 26 heavy (non-hydrogen) atoms. The maximum absolute atomic E-state index is 13.4. The lowest BCUT2D eigenvalue weighted by Gasteiger charge is -2.37. The van der Waals surface area contributed by atoms with Gasteiger partial charge in [-0.15, -0.1) is 0 Å². The smallest absolute Gasteiger partial charge is 0.258 e. The molecule has 1 atom stereocenters. The number of aryl methyl sites for hydroxylation is 1. The predicted molar refractivity (Wildman–Crippen MR) is 101 cm³/mol. The zero-order chi connectivity index (χ0) is 18.1. The third-order valence-corrected chi connectivity index (χ3v) is 5.03. The second-order valence-corrected chi connectivity index (χ2v) is 6.64. The summed E-state index contributed by atoms with van der Waals surface area (Å²) in [7, 11) is 1.60. The molecule has 0 spiro atoms. The lowest BCUT2D eigenvalue weighted by atomic mass is 9.98. The van der Waals surface area contributed by atoms with Crippen LogP contribution >= 0.6 is 0 Å². The number of amides is 1. The predicted octanol–water partition coefficient (Wildman–Crippen LogP) is 4.05. The van der Waals surface area contributed by atoms with Crippen molar-refractivity contribution in [3.05, 3.63) is 89.2 Å². The molecule has 0 aliphatic carbocycles. The quantitative estimate of drug-likeness (QED) is 0.717. The second-order valence-electron chi connectivity index (χ2n) is 6.64. The van der Waals surface area contributed by atoms with Crippen molar-refractivity contribution in [3.63, 3.8) is 0 Å². The number of carbonyl (C=O) groups is 1. The maximum atomic E-state index is 13.4. The molecule has 0 saturated carbocycles. The van der Waals surface area contributed by atoms with Gasteiger partial charge in [-0.2, -0.15) is 0 Å². The van der Waals surface area contributed by atoms with Crippen molar-refractivity contribution in [1.29, 1.82) is 0 Å². The molecular weight excluding hydrogens is 324 g/mol. The molecule has 132 valence electrons. The summed E-state index contributed by atoms with van der Waals surface area (Å²) in [5, 5.41) is 0. The Balaban J connectivity index is 1.79. The number of methoxy groups -OCH3 is 1. The van der Waals surface area contributed by atoms with Gasteiger partial charge in [-0.3, -0.25) is 4.79 Å². The summed E-state index contributed by atoms with van der Waals surface area (Å²) < 4.78 is 7.65. The fraction of sp³-hybridized carbons (Fsp3) is 0.227. The SMILES string of the molecule is COc1ccccc1C(=O)N1CCn2cccc2[C@@H]1c1ccc(C)cc1. The Morgan fingerprint density at radius 2 is 1.77 bits per heavy atom. The van der Waals surface area contributed by atoms with Gasteiger partial charge in [-0.25, -0.2) is 0 Å². The molecular formula is C22H22N2O2. The largest absolute Gasteiger partial charge is 0.496 e. The van der Waals surface area contributed by atoms with Crippen molar-refractivity contribution in [3.8, 4) is 5.75 Å². The van der Waals surface area contributed by atoms with E-state index in [0.29, 0.717) is 17.9 Å². The minimum atomic E-state index is -0.100. The first-order valence-electron chi connectivity index (χ1n) is 8.84. The number of ether oxygens (including phenoxy) is 1. The average molecular weight is 346 g/mol. The summed E-state index contributed by atoms with van der Waals surface area (Å²) in [5.74, 6) is 0.613. The Labute approximate surface area is 153 Å². The van der Waals surface area contributed by atoms with Crippen LogP contribution in [0.4, 0.5) is 0 Å². The third-order valence-electron chi connectivity index (χ3n) is 5.03. The molecule has 2 heterocycles. The molecule has 1 aliphatic rings. The average Bonchev–Trinajstić information content (AvgIpc) is 3.16. The molecule has 0 unspecified atom stereocenters. The van der Waals surface area contributed by atoms with E-state index in [2.05, 4.69) is 48.0 Å². The molecule has 0 fully saturated rings. The Morgan fingerprint density at radius 1 is 1.00 bits per heavy atom. The van der Waals surface area contributed by atoms with Crippen molar-refractivity contribution in [2.24, 2.45) is 0 Å². The van der Waals surface area contributed by atoms with E-state index in [4.69, 9.17) is 4.74 Å². The fourth-order valence-electron chi connectivity index (χ4n) is 3.68. The molecule has 1 aliphatic heterocycles. The Kier molecular flexibility index (Phi) is 4.25. The van der Waals surface area contributed by atoms with Gasteiger partial charge in [0.25, 0.3) is 5.91 Å². The van der Waals surface area contributed by atoms with E-state index in [-0.39, 0.29) is 11.9 Å². The topological polar surface area (TPSA) is 34.5 Å². The zero-order valence-electron chi connectivity index (χ0n) is 15.1. The molecule has 4 heteroatoms. The number of nitrogens with zero attached hydrogens (tertiary/aromatic N) is 2. The van der Waals surface area contributed by atoms with E-state index >= 15 is 0 Å². The van der Waals surface area contributed by atoms with E-state index in [9.17, 15) is 4.79 Å². The molecule has 4 rings (SSSR count). The van der Waals surface area contributed by atoms with Crippen LogP contribution in [0.1, 0.15) is 33.2 Å². The highest BCUT2D eigenvalue weighted by Gasteiger charge is 2.33. The number of fused-ring (bicyclic) bond motifs is 1. The highest BCUT2D eigenvalue weighted by molar-refractivity contribution is 5.97. The first-order valence-corrected chi connectivity index (χ1v) is 8.84. The van der Waals surface area contributed by atoms with Crippen LogP contribution in [0, 0.1) is 6.92 Å². The van der Waals surface area contributed by atoms with E-state index in [1.54, 1.807) is 7.11 Å². The number of hydrogen-bond acceptors (Lipinski definition) is 2. The monoisotopic (exact) mass is 346 g/mol. The molecule has 4 nitrogen and oxygen atoms in total. The molecule has 0 saturated heterocycles. The Bertz CT molecular complexity index is 927. The second kappa shape index (κ2) is 6.71. The summed E-state index contributed by atoms with van der Waals surface area (Å²) >= 11 is 0. The van der Waals surface area contributed by atoms with Gasteiger partial charge in [0.15, 0.2) is 0 Å². The van der Waals surface area contributed by atoms with Gasteiger partial charge in [0.1, 0.15) is 5.75 Å². The highest BCUT2D eigenvalue weighted by Crippen LogP contribution is 2.34. The van der Waals surface area contributed by atoms with Crippen molar-refractivity contribution in [2.45, 2.75) is 19.5 Å². The van der Waals surface area contributed by atoms with Crippen LogP contribution in [0.25, 0.3) is 0 Å². The van der Waals surface area contributed by atoms with Gasteiger partial charge < -0.3 is 14.2 Å². The standard InChI is InChI=1S/C22H22N2O2/c1-16-9-11-17(12-10-16)21-19-7-5-13-23(19)14-15-24(21)22(25)18-6-3-4-8-20(18)26-2/h3-13,21H,14-15H2,1-2H3/t21-/m0/s1. The van der Waals surface area contributed by atoms with E-state index in [1.807, 2.05) is 35.2 Å². The van der Waals surface area contributed by atoms with E-state index in [0.717, 1.165) is 17.8 Å². The normalized spacial score (nSPS) is 16.2. The summed E-state index contributed by atoms with van der Waals surface area (Å²) in [6.45, 7) is 3.54. The number of carbonyl (C=O) groups excluding carboxylic acids is 1. The number of rotatable bonds is 3. The van der Waals surface area contributed by atoms with Crippen LogP contribution in [-0.4, -0.2) is 29.0 Å². The van der Waals surface area contributed by atoms with Crippen LogP contribution in [0.2, 0.25) is 0 Å². The number of hydrogen-bond donors (Lipinski definition) is 0. The van der Waals surface area contributed by atoms with Gasteiger partial charge in [0.05, 0.1) is 18.7 Å². The minimum Gasteiger partial charge on any atom is -0.496 e. The maximum Gasteiger partial charge on any atom is 0.258 e. The molecule has 3 aromatic rings. The Hall–Kier alpha value is -3.01. The van der Waals surface area contributed by atoms with Crippen LogP contribution < -0.4 is 4.74 Å². The van der Waals surface area contributed by atoms with Crippen LogP contribution in [0.15, 0.2) is 66.9 Å². The van der Waals surface area contributed by atoms with Crippen molar-refractivity contribution >= 4 is 5.91 Å². The minimum absolute atomic E-state index is 0.000440. The number of para-hydroxylation sites is 1. The van der Waals surface area contributed by atoms with E-state index < -0.39 is 0 Å². The van der Waals surface area contributed by atoms with Gasteiger partial charge in [-0.05, 0) is 36.8 Å². The first kappa shape index (κ1) is 16.5. The molecule has 2 aromatic carbocycles. The summed E-state index contributed by atoms with van der Waals surface area (Å²) in [4.78, 5) is 15.4. The Morgan fingerprint density at radius 3 is 2.54 bits per heavy atom. The van der Waals surface area contributed by atoms with Gasteiger partial charge >= 0.3 is 0 Å². The van der Waals surface area contributed by atoms with Gasteiger partial charge in [0.2, 0.25) is 0 Å². The van der Waals surface area contributed by atoms with Crippen LogP contribution in [0.3, 0.4) is 0 Å². The fourth-order valence-corrected chi connectivity index (χ4v) is 3.68. The lowest BCUT2D eigenvalue weighted by molar-refractivity contribution is 0.0660. The zero-order valence-corrected chi connectivity index (χ0v) is 15.1. The summed E-state index contributed by atoms with van der Waals surface area (Å²) in [6.07, 6.45) is 2.08. The van der Waals surface area contributed by atoms with Crippen molar-refractivity contribution in [2.75, 3.05) is 13.7 Å². The van der Waals surface area contributed by atoms with E-state index in [1.165, 1.54) is 5.56 Å². The van der Waals surface area contributed by atoms with Crippen molar-refractivity contribution < 1.29 is 9.53 Å². The number of aromatic nitrogens is 1. The van der Waals surface area contributed by atoms with Gasteiger partial charge in [-0.1, -0.05) is 42.0 Å². The van der Waals surface area contributed by atoms with Gasteiger partial charge in [0, 0.05) is 25.0 Å². The number of benzene rings is 2. The summed E-state index contributed by atoms with van der Waals surface area (Å²) in [5.41, 5.74) is 4.08. The molecule has 0 radical (unpaired) electrons. The summed E-state index contributed by atoms with van der Waals surface area (Å²) in [6, 6.07) is 19.9. The molecule has 0 N–H and O–H groups in total. The third kappa shape index (κ3) is 2.77.